The molecule has 0 atom stereocenters. The van der Waals surface area contributed by atoms with Crippen LogP contribution in [0.25, 0.3) is 5.78 Å². The molecule has 0 bridgehead atoms. The molecule has 26 heavy (non-hydrogen) atoms. The molecule has 0 unspecified atom stereocenters. The Bertz CT molecular complexity index is 895. The number of aryl methyl sites for hydroxylation is 1. The highest BCUT2D eigenvalue weighted by atomic mass is 15.4. The first-order valence-corrected chi connectivity index (χ1v) is 8.96. The second-order valence-corrected chi connectivity index (χ2v) is 6.86. The molecule has 5 rings (SSSR count). The number of hydrogen-bond acceptors (Lipinski definition) is 8. The molecule has 5 heterocycles. The van der Waals surface area contributed by atoms with Crippen molar-refractivity contribution in [3.05, 3.63) is 36.5 Å². The Morgan fingerprint density at radius 1 is 0.962 bits per heavy atom. The van der Waals surface area contributed by atoms with E-state index in [0.717, 1.165) is 56.7 Å². The van der Waals surface area contributed by atoms with Crippen molar-refractivity contribution >= 4 is 17.5 Å². The third kappa shape index (κ3) is 2.64. The van der Waals surface area contributed by atoms with Crippen molar-refractivity contribution in [2.45, 2.75) is 13.0 Å². The van der Waals surface area contributed by atoms with Gasteiger partial charge in [0.15, 0.2) is 0 Å². The SMILES string of the molecule is Cc1cc(N2CC(N3CCN(c4ncccn4)CC3)C2)n2ncnc2n1. The Balaban J connectivity index is 1.22. The number of fused-ring (bicyclic) bond motifs is 1. The first kappa shape index (κ1) is 15.4. The zero-order valence-corrected chi connectivity index (χ0v) is 14.7. The van der Waals surface area contributed by atoms with Crippen LogP contribution < -0.4 is 9.80 Å². The molecule has 2 saturated heterocycles. The van der Waals surface area contributed by atoms with Gasteiger partial charge in [0.1, 0.15) is 12.1 Å². The molecule has 2 fully saturated rings. The van der Waals surface area contributed by atoms with Crippen LogP contribution in [0.2, 0.25) is 0 Å². The fourth-order valence-corrected chi connectivity index (χ4v) is 3.75. The monoisotopic (exact) mass is 351 g/mol. The molecule has 9 heteroatoms. The molecule has 0 saturated carbocycles. The van der Waals surface area contributed by atoms with E-state index < -0.39 is 0 Å². The van der Waals surface area contributed by atoms with Gasteiger partial charge in [-0.2, -0.15) is 14.6 Å². The van der Waals surface area contributed by atoms with Gasteiger partial charge in [0.2, 0.25) is 5.95 Å². The highest BCUT2D eigenvalue weighted by Gasteiger charge is 2.35. The van der Waals surface area contributed by atoms with Crippen LogP contribution in [-0.4, -0.2) is 79.8 Å². The molecule has 0 amide bonds. The van der Waals surface area contributed by atoms with E-state index in [2.05, 4.69) is 45.8 Å². The second kappa shape index (κ2) is 6.17. The number of nitrogens with zero attached hydrogens (tertiary/aromatic N) is 9. The smallest absolute Gasteiger partial charge is 0.254 e. The lowest BCUT2D eigenvalue weighted by atomic mass is 10.1. The number of aromatic nitrogens is 6. The van der Waals surface area contributed by atoms with Gasteiger partial charge in [0, 0.05) is 69.5 Å². The maximum atomic E-state index is 4.42. The van der Waals surface area contributed by atoms with E-state index in [1.165, 1.54) is 0 Å². The fourth-order valence-electron chi connectivity index (χ4n) is 3.75. The van der Waals surface area contributed by atoms with Gasteiger partial charge >= 0.3 is 0 Å². The zero-order valence-electron chi connectivity index (χ0n) is 14.7. The Hall–Kier alpha value is -2.81. The van der Waals surface area contributed by atoms with Crippen molar-refractivity contribution in [2.75, 3.05) is 49.1 Å². The van der Waals surface area contributed by atoms with Gasteiger partial charge in [0.05, 0.1) is 0 Å². The molecule has 2 aliphatic heterocycles. The largest absolute Gasteiger partial charge is 0.353 e. The van der Waals surface area contributed by atoms with E-state index in [1.54, 1.807) is 18.7 Å². The third-order valence-corrected chi connectivity index (χ3v) is 5.21. The lowest BCUT2D eigenvalue weighted by Crippen LogP contribution is -2.63. The Morgan fingerprint density at radius 3 is 2.50 bits per heavy atom. The van der Waals surface area contributed by atoms with Crippen molar-refractivity contribution in [3.8, 4) is 0 Å². The summed E-state index contributed by atoms with van der Waals surface area (Å²) in [6.45, 7) is 8.07. The van der Waals surface area contributed by atoms with Crippen molar-refractivity contribution in [2.24, 2.45) is 0 Å². The maximum absolute atomic E-state index is 4.42. The van der Waals surface area contributed by atoms with E-state index in [1.807, 2.05) is 17.5 Å². The van der Waals surface area contributed by atoms with Crippen LogP contribution >= 0.6 is 0 Å². The second-order valence-electron chi connectivity index (χ2n) is 6.86. The molecule has 0 aromatic carbocycles. The molecule has 0 radical (unpaired) electrons. The fraction of sp³-hybridized carbons (Fsp3) is 0.471. The lowest BCUT2D eigenvalue weighted by Gasteiger charge is -2.48. The lowest BCUT2D eigenvalue weighted by molar-refractivity contribution is 0.156. The van der Waals surface area contributed by atoms with E-state index in [0.29, 0.717) is 11.8 Å². The van der Waals surface area contributed by atoms with Crippen molar-refractivity contribution in [1.29, 1.82) is 0 Å². The van der Waals surface area contributed by atoms with E-state index >= 15 is 0 Å². The van der Waals surface area contributed by atoms with Crippen LogP contribution in [0, 0.1) is 6.92 Å². The topological polar surface area (TPSA) is 78.6 Å². The van der Waals surface area contributed by atoms with Gasteiger partial charge in [-0.05, 0) is 13.0 Å². The number of anilines is 2. The highest BCUT2D eigenvalue weighted by Crippen LogP contribution is 2.25. The highest BCUT2D eigenvalue weighted by molar-refractivity contribution is 5.49. The van der Waals surface area contributed by atoms with E-state index in [-0.39, 0.29) is 0 Å². The Morgan fingerprint density at radius 2 is 1.73 bits per heavy atom. The average molecular weight is 351 g/mol. The maximum Gasteiger partial charge on any atom is 0.254 e. The number of piperazine rings is 1. The minimum atomic E-state index is 0.584. The minimum absolute atomic E-state index is 0.584. The van der Waals surface area contributed by atoms with Crippen molar-refractivity contribution in [3.63, 3.8) is 0 Å². The minimum Gasteiger partial charge on any atom is -0.353 e. The Labute approximate surface area is 151 Å². The number of hydrogen-bond donors (Lipinski definition) is 0. The summed E-state index contributed by atoms with van der Waals surface area (Å²) in [5.74, 6) is 2.58. The summed E-state index contributed by atoms with van der Waals surface area (Å²) < 4.78 is 1.83. The van der Waals surface area contributed by atoms with Gasteiger partial charge < -0.3 is 9.80 Å². The first-order chi connectivity index (χ1) is 12.8. The molecular formula is C17H21N9. The molecule has 0 spiro atoms. The summed E-state index contributed by atoms with van der Waals surface area (Å²) in [5.41, 5.74) is 0.973. The van der Waals surface area contributed by atoms with Crippen LogP contribution in [0.3, 0.4) is 0 Å². The van der Waals surface area contributed by atoms with Crippen LogP contribution in [-0.2, 0) is 0 Å². The summed E-state index contributed by atoms with van der Waals surface area (Å²) >= 11 is 0. The predicted molar refractivity (Wildman–Crippen MR) is 97.3 cm³/mol. The van der Waals surface area contributed by atoms with E-state index in [9.17, 15) is 0 Å². The molecule has 3 aromatic rings. The Kier molecular flexibility index (Phi) is 3.66. The standard InChI is InChI=1S/C17H21N9/c1-13-9-15(26-17(22-13)20-12-21-26)25-10-14(11-25)23-5-7-24(8-6-23)16-18-3-2-4-19-16/h2-4,9,12,14H,5-8,10-11H2,1H3. The predicted octanol–water partition coefficient (Wildman–Crippen LogP) is 0.234. The van der Waals surface area contributed by atoms with Crippen LogP contribution in [0.4, 0.5) is 11.8 Å². The molecular weight excluding hydrogens is 330 g/mol. The molecule has 134 valence electrons. The van der Waals surface area contributed by atoms with Crippen molar-refractivity contribution in [1.82, 2.24) is 34.4 Å². The third-order valence-electron chi connectivity index (χ3n) is 5.21. The summed E-state index contributed by atoms with van der Waals surface area (Å²) in [4.78, 5) is 24.5. The van der Waals surface area contributed by atoms with Crippen LogP contribution in [0.1, 0.15) is 5.69 Å². The molecule has 3 aromatic heterocycles. The molecule has 0 N–H and O–H groups in total. The first-order valence-electron chi connectivity index (χ1n) is 8.96. The summed E-state index contributed by atoms with van der Waals surface area (Å²) in [6.07, 6.45) is 5.17. The number of rotatable bonds is 3. The van der Waals surface area contributed by atoms with Gasteiger partial charge in [-0.3, -0.25) is 4.90 Å². The molecule has 9 nitrogen and oxygen atoms in total. The average Bonchev–Trinajstić information content (AvgIpc) is 3.10. The summed E-state index contributed by atoms with van der Waals surface area (Å²) in [6, 6.07) is 4.53. The van der Waals surface area contributed by atoms with Gasteiger partial charge in [-0.25, -0.2) is 15.0 Å². The van der Waals surface area contributed by atoms with Crippen LogP contribution in [0.5, 0.6) is 0 Å². The van der Waals surface area contributed by atoms with Crippen LogP contribution in [0.15, 0.2) is 30.9 Å². The summed E-state index contributed by atoms with van der Waals surface area (Å²) in [5, 5.41) is 4.31. The van der Waals surface area contributed by atoms with Gasteiger partial charge in [-0.15, -0.1) is 0 Å². The quantitative estimate of drug-likeness (QED) is 0.664. The van der Waals surface area contributed by atoms with Crippen molar-refractivity contribution < 1.29 is 0 Å². The molecule has 2 aliphatic rings. The molecule has 0 aliphatic carbocycles. The zero-order chi connectivity index (χ0) is 17.5. The van der Waals surface area contributed by atoms with Gasteiger partial charge in [-0.1, -0.05) is 0 Å². The normalized spacial score (nSPS) is 19.1. The van der Waals surface area contributed by atoms with E-state index in [4.69, 9.17) is 0 Å². The summed E-state index contributed by atoms with van der Waals surface area (Å²) in [7, 11) is 0. The van der Waals surface area contributed by atoms with Gasteiger partial charge in [0.25, 0.3) is 5.78 Å².